The monoisotopic (exact) mass is 264 g/mol. The van der Waals surface area contributed by atoms with Crippen LogP contribution < -0.4 is 10.5 Å². The van der Waals surface area contributed by atoms with E-state index in [4.69, 9.17) is 10.5 Å². The zero-order valence-corrected chi connectivity index (χ0v) is 10.4. The molecule has 2 aromatic rings. The van der Waals surface area contributed by atoms with Gasteiger partial charge in [-0.15, -0.1) is 0 Å². The predicted molar refractivity (Wildman–Crippen MR) is 68.0 cm³/mol. The molecule has 0 bridgehead atoms. The van der Waals surface area contributed by atoms with Gasteiger partial charge in [-0.25, -0.2) is 8.78 Å². The van der Waals surface area contributed by atoms with Crippen molar-refractivity contribution in [1.82, 2.24) is 4.98 Å². The lowest BCUT2D eigenvalue weighted by atomic mass is 10.1. The van der Waals surface area contributed by atoms with E-state index in [1.165, 1.54) is 12.3 Å². The molecule has 19 heavy (non-hydrogen) atoms. The number of rotatable bonds is 4. The van der Waals surface area contributed by atoms with Gasteiger partial charge in [-0.2, -0.15) is 0 Å². The molecule has 1 unspecified atom stereocenters. The number of ether oxygens (including phenoxy) is 1. The van der Waals surface area contributed by atoms with Crippen molar-refractivity contribution in [3.05, 3.63) is 53.9 Å². The van der Waals surface area contributed by atoms with Crippen LogP contribution in [-0.4, -0.2) is 11.0 Å². The molecule has 0 spiro atoms. The van der Waals surface area contributed by atoms with E-state index in [0.717, 1.165) is 17.7 Å². The molecule has 2 rings (SSSR count). The van der Waals surface area contributed by atoms with Gasteiger partial charge < -0.3 is 10.5 Å². The first-order valence-electron chi connectivity index (χ1n) is 5.87. The van der Waals surface area contributed by atoms with E-state index >= 15 is 0 Å². The Morgan fingerprint density at radius 3 is 2.74 bits per heavy atom. The van der Waals surface area contributed by atoms with Crippen LogP contribution in [0, 0.1) is 11.6 Å². The third-order valence-electron chi connectivity index (χ3n) is 2.45. The average Bonchev–Trinajstić information content (AvgIpc) is 2.32. The number of aromatic nitrogens is 1. The fraction of sp³-hybridized carbons (Fsp3) is 0.214. The average molecular weight is 264 g/mol. The molecule has 0 fully saturated rings. The molecular formula is C14H14F2N2O. The summed E-state index contributed by atoms with van der Waals surface area (Å²) >= 11 is 0. The van der Waals surface area contributed by atoms with E-state index in [9.17, 15) is 8.78 Å². The van der Waals surface area contributed by atoms with Crippen LogP contribution in [0.15, 0.2) is 36.7 Å². The third kappa shape index (κ3) is 3.72. The summed E-state index contributed by atoms with van der Waals surface area (Å²) < 4.78 is 31.6. The maximum Gasteiger partial charge on any atom is 0.168 e. The first-order chi connectivity index (χ1) is 9.04. The molecule has 0 aliphatic heterocycles. The number of halogens is 2. The normalized spacial score (nSPS) is 12.2. The predicted octanol–water partition coefficient (Wildman–Crippen LogP) is 3.04. The van der Waals surface area contributed by atoms with Gasteiger partial charge in [0.2, 0.25) is 0 Å². The van der Waals surface area contributed by atoms with Crippen LogP contribution in [0.1, 0.15) is 12.5 Å². The van der Waals surface area contributed by atoms with Crippen LogP contribution in [0.2, 0.25) is 0 Å². The molecule has 0 saturated heterocycles. The fourth-order valence-electron chi connectivity index (χ4n) is 1.69. The van der Waals surface area contributed by atoms with Crippen LogP contribution in [0.3, 0.4) is 0 Å². The summed E-state index contributed by atoms with van der Waals surface area (Å²) in [6.07, 6.45) is 3.79. The Balaban J connectivity index is 2.18. The lowest BCUT2D eigenvalue weighted by Gasteiger charge is -2.09. The molecule has 0 aliphatic rings. The van der Waals surface area contributed by atoms with Gasteiger partial charge in [0.1, 0.15) is 11.6 Å². The number of hydrogen-bond acceptors (Lipinski definition) is 3. The molecule has 0 aliphatic carbocycles. The van der Waals surface area contributed by atoms with Crippen molar-refractivity contribution in [1.29, 1.82) is 0 Å². The van der Waals surface area contributed by atoms with Crippen LogP contribution in [0.25, 0.3) is 0 Å². The van der Waals surface area contributed by atoms with Crippen molar-refractivity contribution in [3.8, 4) is 11.5 Å². The Bertz CT molecular complexity index is 573. The summed E-state index contributed by atoms with van der Waals surface area (Å²) in [6, 6.07) is 4.88. The minimum Gasteiger partial charge on any atom is -0.453 e. The molecule has 0 saturated carbocycles. The zero-order valence-electron chi connectivity index (χ0n) is 10.4. The van der Waals surface area contributed by atoms with Crippen molar-refractivity contribution < 1.29 is 13.5 Å². The molecule has 0 amide bonds. The molecule has 1 aromatic carbocycles. The van der Waals surface area contributed by atoms with E-state index < -0.39 is 11.6 Å². The highest BCUT2D eigenvalue weighted by molar-refractivity contribution is 5.32. The summed E-state index contributed by atoms with van der Waals surface area (Å²) in [5, 5.41) is 0. The highest BCUT2D eigenvalue weighted by Gasteiger charge is 2.07. The molecule has 0 radical (unpaired) electrons. The minimum absolute atomic E-state index is 0.000364. The number of benzene rings is 1. The summed E-state index contributed by atoms with van der Waals surface area (Å²) in [6.45, 7) is 1.88. The van der Waals surface area contributed by atoms with Gasteiger partial charge in [-0.3, -0.25) is 4.98 Å². The highest BCUT2D eigenvalue weighted by Crippen LogP contribution is 2.25. The zero-order chi connectivity index (χ0) is 13.8. The van der Waals surface area contributed by atoms with Crippen molar-refractivity contribution in [3.63, 3.8) is 0 Å². The first kappa shape index (κ1) is 13.4. The van der Waals surface area contributed by atoms with Gasteiger partial charge in [0.05, 0.1) is 6.20 Å². The molecule has 1 heterocycles. The van der Waals surface area contributed by atoms with E-state index in [1.807, 2.05) is 6.92 Å². The maximum atomic E-state index is 13.4. The van der Waals surface area contributed by atoms with Crippen molar-refractivity contribution in [2.24, 2.45) is 5.73 Å². The fourth-order valence-corrected chi connectivity index (χ4v) is 1.69. The SMILES string of the molecule is CC(N)Cc1cncc(Oc2ccc(F)cc2F)c1. The second kappa shape index (κ2) is 5.75. The van der Waals surface area contributed by atoms with E-state index in [-0.39, 0.29) is 11.8 Å². The molecule has 100 valence electrons. The summed E-state index contributed by atoms with van der Waals surface area (Å²) in [4.78, 5) is 4.00. The molecule has 2 N–H and O–H groups in total. The topological polar surface area (TPSA) is 48.1 Å². The van der Waals surface area contributed by atoms with E-state index in [0.29, 0.717) is 12.2 Å². The smallest absolute Gasteiger partial charge is 0.168 e. The molecule has 5 heteroatoms. The number of nitrogens with two attached hydrogens (primary N) is 1. The quantitative estimate of drug-likeness (QED) is 0.923. The van der Waals surface area contributed by atoms with Gasteiger partial charge in [0.25, 0.3) is 0 Å². The molecule has 1 atom stereocenters. The van der Waals surface area contributed by atoms with Crippen molar-refractivity contribution in [2.75, 3.05) is 0 Å². The van der Waals surface area contributed by atoms with Crippen molar-refractivity contribution >= 4 is 0 Å². The van der Waals surface area contributed by atoms with Gasteiger partial charge in [-0.1, -0.05) is 0 Å². The Hall–Kier alpha value is -2.01. The first-order valence-corrected chi connectivity index (χ1v) is 5.87. The largest absolute Gasteiger partial charge is 0.453 e. The molecule has 1 aromatic heterocycles. The standard InChI is InChI=1S/C14H14F2N2O/c1-9(17)4-10-5-12(8-18-7-10)19-14-3-2-11(15)6-13(14)16/h2-3,5-9H,4,17H2,1H3. The second-order valence-corrected chi connectivity index (χ2v) is 4.39. The van der Waals surface area contributed by atoms with Crippen LogP contribution >= 0.6 is 0 Å². The Morgan fingerprint density at radius 1 is 1.26 bits per heavy atom. The Kier molecular flexibility index (Phi) is 4.06. The van der Waals surface area contributed by atoms with Crippen LogP contribution in [0.4, 0.5) is 8.78 Å². The minimum atomic E-state index is -0.752. The van der Waals surface area contributed by atoms with Gasteiger partial charge in [-0.05, 0) is 37.1 Å². The lowest BCUT2D eigenvalue weighted by molar-refractivity contribution is 0.435. The van der Waals surface area contributed by atoms with Gasteiger partial charge in [0.15, 0.2) is 11.6 Å². The van der Waals surface area contributed by atoms with E-state index in [1.54, 1.807) is 12.3 Å². The lowest BCUT2D eigenvalue weighted by Crippen LogP contribution is -2.17. The number of hydrogen-bond donors (Lipinski definition) is 1. The van der Waals surface area contributed by atoms with Crippen molar-refractivity contribution in [2.45, 2.75) is 19.4 Å². The summed E-state index contributed by atoms with van der Waals surface area (Å²) in [7, 11) is 0. The molecule has 3 nitrogen and oxygen atoms in total. The highest BCUT2D eigenvalue weighted by atomic mass is 19.1. The van der Waals surface area contributed by atoms with Crippen LogP contribution in [0.5, 0.6) is 11.5 Å². The third-order valence-corrected chi connectivity index (χ3v) is 2.45. The van der Waals surface area contributed by atoms with Crippen LogP contribution in [-0.2, 0) is 6.42 Å². The summed E-state index contributed by atoms with van der Waals surface area (Å²) in [5.74, 6) is -1.05. The molecular weight excluding hydrogens is 250 g/mol. The van der Waals surface area contributed by atoms with Gasteiger partial charge in [0, 0.05) is 18.3 Å². The maximum absolute atomic E-state index is 13.4. The summed E-state index contributed by atoms with van der Waals surface area (Å²) in [5.41, 5.74) is 6.60. The second-order valence-electron chi connectivity index (χ2n) is 4.39. The number of pyridine rings is 1. The number of nitrogens with zero attached hydrogens (tertiary/aromatic N) is 1. The Morgan fingerprint density at radius 2 is 2.05 bits per heavy atom. The van der Waals surface area contributed by atoms with E-state index in [2.05, 4.69) is 4.98 Å². The Labute approximate surface area is 110 Å². The van der Waals surface area contributed by atoms with Gasteiger partial charge >= 0.3 is 0 Å².